The number of carbonyl (C=O) groups excluding carboxylic acids is 1. The molecule has 81 heavy (non-hydrogen) atoms. The number of allylic oxidation sites excluding steroid dienone is 11. The maximum absolute atomic E-state index is 13.1. The lowest BCUT2D eigenvalue weighted by atomic mass is 9.99. The Morgan fingerprint density at radius 2 is 0.741 bits per heavy atom. The Balaban J connectivity index is 2.05. The lowest BCUT2D eigenvalue weighted by Gasteiger charge is -2.40. The molecule has 9 heteroatoms. The highest BCUT2D eigenvalue weighted by atomic mass is 16.7. The summed E-state index contributed by atoms with van der Waals surface area (Å²) in [6.45, 7) is 3.76. The SMILES string of the molecule is CCCCCCC/C=C\C/C=C\C/C=C\CCCCCCCCCCCCCCCCCCCCCCCCCCCCC(=O)NC(COC1OC(CO)C(O)C(O)C1O)C(O)/C=C/CC/C=C/CC/C=C/CCCCCCCCC. The quantitative estimate of drug-likeness (QED) is 0.0261. The number of hydrogen-bond acceptors (Lipinski definition) is 8. The molecule has 0 saturated carbocycles. The third-order valence-electron chi connectivity index (χ3n) is 16.2. The zero-order valence-corrected chi connectivity index (χ0v) is 52.8. The average molecular weight is 1140 g/mol. The molecule has 1 aliphatic rings. The molecule has 0 aromatic carbocycles. The summed E-state index contributed by atoms with van der Waals surface area (Å²) in [7, 11) is 0. The second-order valence-electron chi connectivity index (χ2n) is 24.0. The Morgan fingerprint density at radius 1 is 0.420 bits per heavy atom. The third kappa shape index (κ3) is 49.6. The van der Waals surface area contributed by atoms with Gasteiger partial charge in [-0.3, -0.25) is 4.79 Å². The second kappa shape index (κ2) is 60.7. The van der Waals surface area contributed by atoms with Crippen molar-refractivity contribution in [1.29, 1.82) is 0 Å². The van der Waals surface area contributed by atoms with Gasteiger partial charge in [0.05, 0.1) is 25.4 Å². The molecule has 7 atom stereocenters. The van der Waals surface area contributed by atoms with Crippen molar-refractivity contribution in [3.05, 3.63) is 72.9 Å². The minimum Gasteiger partial charge on any atom is -0.394 e. The van der Waals surface area contributed by atoms with Gasteiger partial charge in [0.1, 0.15) is 24.4 Å². The highest BCUT2D eigenvalue weighted by Gasteiger charge is 2.44. The number of unbranched alkanes of at least 4 members (excludes halogenated alkanes) is 40. The van der Waals surface area contributed by atoms with Crippen molar-refractivity contribution in [1.82, 2.24) is 5.32 Å². The van der Waals surface area contributed by atoms with Crippen LogP contribution in [0.2, 0.25) is 0 Å². The third-order valence-corrected chi connectivity index (χ3v) is 16.2. The second-order valence-corrected chi connectivity index (χ2v) is 24.0. The molecule has 0 aliphatic carbocycles. The van der Waals surface area contributed by atoms with E-state index in [2.05, 4.69) is 79.9 Å². The summed E-state index contributed by atoms with van der Waals surface area (Å²) in [6.07, 6.45) is 78.8. The van der Waals surface area contributed by atoms with Crippen molar-refractivity contribution < 1.29 is 39.8 Å². The first-order valence-electron chi connectivity index (χ1n) is 34.7. The number of carbonyl (C=O) groups is 1. The molecule has 0 radical (unpaired) electrons. The summed E-state index contributed by atoms with van der Waals surface area (Å²) >= 11 is 0. The molecule has 9 nitrogen and oxygen atoms in total. The monoisotopic (exact) mass is 1140 g/mol. The molecule has 1 amide bonds. The highest BCUT2D eigenvalue weighted by molar-refractivity contribution is 5.76. The minimum absolute atomic E-state index is 0.187. The summed E-state index contributed by atoms with van der Waals surface area (Å²) < 4.78 is 11.3. The molecule has 1 rings (SSSR count). The molecular formula is C72H131NO8. The van der Waals surface area contributed by atoms with E-state index in [1.165, 1.54) is 238 Å². The molecule has 1 aliphatic heterocycles. The lowest BCUT2D eigenvalue weighted by Crippen LogP contribution is -2.60. The van der Waals surface area contributed by atoms with Crippen LogP contribution in [0.4, 0.5) is 0 Å². The van der Waals surface area contributed by atoms with Gasteiger partial charge in [-0.15, -0.1) is 0 Å². The van der Waals surface area contributed by atoms with E-state index >= 15 is 0 Å². The van der Waals surface area contributed by atoms with E-state index in [-0.39, 0.29) is 12.5 Å². The smallest absolute Gasteiger partial charge is 0.220 e. The number of rotatable bonds is 60. The van der Waals surface area contributed by atoms with Crippen LogP contribution in [0.3, 0.4) is 0 Å². The fraction of sp³-hybridized carbons (Fsp3) is 0.819. The average Bonchev–Trinajstić information content (AvgIpc) is 3.49. The van der Waals surface area contributed by atoms with E-state index in [0.717, 1.165) is 64.2 Å². The van der Waals surface area contributed by atoms with Gasteiger partial charge in [-0.2, -0.15) is 0 Å². The molecule has 0 aromatic rings. The van der Waals surface area contributed by atoms with Gasteiger partial charge >= 0.3 is 0 Å². The minimum atomic E-state index is -1.58. The van der Waals surface area contributed by atoms with Gasteiger partial charge in [0, 0.05) is 6.42 Å². The van der Waals surface area contributed by atoms with Crippen LogP contribution >= 0.6 is 0 Å². The molecule has 1 fully saturated rings. The van der Waals surface area contributed by atoms with Crippen molar-refractivity contribution in [2.45, 2.75) is 365 Å². The largest absolute Gasteiger partial charge is 0.394 e. The van der Waals surface area contributed by atoms with Crippen LogP contribution in [-0.4, -0.2) is 87.5 Å². The zero-order valence-electron chi connectivity index (χ0n) is 52.8. The van der Waals surface area contributed by atoms with E-state index in [0.29, 0.717) is 6.42 Å². The maximum atomic E-state index is 13.1. The zero-order chi connectivity index (χ0) is 58.6. The van der Waals surface area contributed by atoms with Crippen LogP contribution in [0.25, 0.3) is 0 Å². The molecule has 472 valence electrons. The Labute approximate surface area is 499 Å². The normalized spacial score (nSPS) is 18.8. The van der Waals surface area contributed by atoms with Gasteiger partial charge in [-0.25, -0.2) is 0 Å². The van der Waals surface area contributed by atoms with Crippen molar-refractivity contribution >= 4 is 5.91 Å². The Morgan fingerprint density at radius 3 is 1.12 bits per heavy atom. The Kier molecular flexibility index (Phi) is 57.5. The molecule has 0 spiro atoms. The van der Waals surface area contributed by atoms with Gasteiger partial charge in [-0.1, -0.05) is 305 Å². The summed E-state index contributed by atoms with van der Waals surface area (Å²) in [5.41, 5.74) is 0. The van der Waals surface area contributed by atoms with Crippen molar-refractivity contribution in [2.75, 3.05) is 13.2 Å². The first kappa shape index (κ1) is 76.6. The van der Waals surface area contributed by atoms with E-state index in [1.54, 1.807) is 6.08 Å². The van der Waals surface area contributed by atoms with E-state index in [4.69, 9.17) is 9.47 Å². The van der Waals surface area contributed by atoms with Crippen LogP contribution in [0, 0.1) is 0 Å². The molecule has 7 unspecified atom stereocenters. The highest BCUT2D eigenvalue weighted by Crippen LogP contribution is 2.23. The molecule has 0 bridgehead atoms. The number of nitrogens with one attached hydrogen (secondary N) is 1. The molecule has 1 heterocycles. The van der Waals surface area contributed by atoms with Crippen LogP contribution in [0.15, 0.2) is 72.9 Å². The standard InChI is InChI=1S/C72H131NO8/c1-3-5-7-9-11-13-15-17-19-21-22-23-24-25-26-27-28-29-30-31-32-33-34-35-36-37-38-39-40-41-42-43-44-46-48-50-52-54-56-58-60-62-68(76)73-65(64-80-72-71(79)70(78)69(77)67(63-74)81-72)66(75)61-59-57-55-53-51-49-47-45-20-18-16-14-12-10-8-6-4-2/h15,17,20-22,24-25,45,51,53,59,61,65-67,69-72,74-75,77-79H,3-14,16,18-19,23,26-44,46-50,52,54-58,60,62-64H2,1-2H3,(H,73,76)/b17-15-,22-21-,25-24-,45-20+,53-51+,61-59+. The summed E-state index contributed by atoms with van der Waals surface area (Å²) in [6, 6.07) is -0.829. The van der Waals surface area contributed by atoms with Gasteiger partial charge in [0.2, 0.25) is 5.91 Å². The predicted molar refractivity (Wildman–Crippen MR) is 345 cm³/mol. The molecular weight excluding hydrogens is 1010 g/mol. The first-order valence-corrected chi connectivity index (χ1v) is 34.7. The van der Waals surface area contributed by atoms with E-state index in [1.807, 2.05) is 6.08 Å². The number of aliphatic hydroxyl groups is 5. The van der Waals surface area contributed by atoms with Gasteiger partial charge in [0.25, 0.3) is 0 Å². The Bertz CT molecular complexity index is 1510. The van der Waals surface area contributed by atoms with E-state index in [9.17, 15) is 30.3 Å². The van der Waals surface area contributed by atoms with Gasteiger partial charge in [-0.05, 0) is 83.5 Å². The summed E-state index contributed by atoms with van der Waals surface area (Å²) in [5, 5.41) is 54.6. The van der Waals surface area contributed by atoms with E-state index < -0.39 is 49.5 Å². The number of aliphatic hydroxyl groups excluding tert-OH is 5. The van der Waals surface area contributed by atoms with Crippen molar-refractivity contribution in [3.8, 4) is 0 Å². The van der Waals surface area contributed by atoms with Crippen molar-refractivity contribution in [3.63, 3.8) is 0 Å². The van der Waals surface area contributed by atoms with Crippen LogP contribution in [0.1, 0.15) is 322 Å². The lowest BCUT2D eigenvalue weighted by molar-refractivity contribution is -0.302. The van der Waals surface area contributed by atoms with Gasteiger partial charge < -0.3 is 40.3 Å². The maximum Gasteiger partial charge on any atom is 0.220 e. The van der Waals surface area contributed by atoms with Crippen LogP contribution in [-0.2, 0) is 14.3 Å². The molecule has 0 aromatic heterocycles. The fourth-order valence-corrected chi connectivity index (χ4v) is 10.8. The summed E-state index contributed by atoms with van der Waals surface area (Å²) in [5.74, 6) is -0.187. The first-order chi connectivity index (χ1) is 39.8. The Hall–Kier alpha value is -2.37. The van der Waals surface area contributed by atoms with Crippen LogP contribution < -0.4 is 5.32 Å². The number of hydrogen-bond donors (Lipinski definition) is 6. The molecule has 1 saturated heterocycles. The number of ether oxygens (including phenoxy) is 2. The van der Waals surface area contributed by atoms with Crippen LogP contribution in [0.5, 0.6) is 0 Å². The molecule has 6 N–H and O–H groups in total. The van der Waals surface area contributed by atoms with Crippen molar-refractivity contribution in [2.24, 2.45) is 0 Å². The summed E-state index contributed by atoms with van der Waals surface area (Å²) in [4.78, 5) is 13.1. The van der Waals surface area contributed by atoms with Gasteiger partial charge in [0.15, 0.2) is 6.29 Å². The number of amides is 1. The topological polar surface area (TPSA) is 149 Å². The predicted octanol–water partition coefficient (Wildman–Crippen LogP) is 18.8. The fourth-order valence-electron chi connectivity index (χ4n) is 10.8.